The minimum atomic E-state index is 0.790. The summed E-state index contributed by atoms with van der Waals surface area (Å²) in [6, 6.07) is 6.17. The van der Waals surface area contributed by atoms with Gasteiger partial charge in [0.15, 0.2) is 11.5 Å². The fourth-order valence-electron chi connectivity index (χ4n) is 2.91. The van der Waals surface area contributed by atoms with Crippen LogP contribution >= 0.6 is 0 Å². The van der Waals surface area contributed by atoms with Crippen molar-refractivity contribution in [3.05, 3.63) is 23.8 Å². The fourth-order valence-corrected chi connectivity index (χ4v) is 2.91. The maximum atomic E-state index is 5.64. The lowest BCUT2D eigenvalue weighted by molar-refractivity contribution is 0.173. The Morgan fingerprint density at radius 2 is 1.85 bits per heavy atom. The first-order chi connectivity index (χ1) is 9.76. The highest BCUT2D eigenvalue weighted by molar-refractivity contribution is 5.42. The summed E-state index contributed by atoms with van der Waals surface area (Å²) in [4.78, 5) is 2.51. The summed E-state index contributed by atoms with van der Waals surface area (Å²) >= 11 is 0. The second-order valence-electron chi connectivity index (χ2n) is 5.49. The first-order valence-electron chi connectivity index (χ1n) is 7.40. The van der Waals surface area contributed by atoms with E-state index in [2.05, 4.69) is 17.0 Å². The number of hydrogen-bond acceptors (Lipinski definition) is 4. The molecule has 2 rings (SSSR count). The van der Waals surface area contributed by atoms with Gasteiger partial charge in [-0.15, -0.1) is 0 Å². The van der Waals surface area contributed by atoms with E-state index in [1.54, 1.807) is 14.2 Å². The van der Waals surface area contributed by atoms with Crippen LogP contribution in [0.25, 0.3) is 0 Å². The monoisotopic (exact) mass is 278 g/mol. The minimum Gasteiger partial charge on any atom is -0.493 e. The molecule has 4 nitrogen and oxygen atoms in total. The zero-order valence-electron chi connectivity index (χ0n) is 12.6. The smallest absolute Gasteiger partial charge is 0.161 e. The van der Waals surface area contributed by atoms with Crippen LogP contribution in [-0.4, -0.2) is 38.8 Å². The van der Waals surface area contributed by atoms with E-state index in [-0.39, 0.29) is 0 Å². The maximum Gasteiger partial charge on any atom is 0.161 e. The largest absolute Gasteiger partial charge is 0.493 e. The number of nitrogens with two attached hydrogens (primary N) is 1. The van der Waals surface area contributed by atoms with Crippen molar-refractivity contribution in [1.29, 1.82) is 0 Å². The van der Waals surface area contributed by atoms with Gasteiger partial charge >= 0.3 is 0 Å². The Bertz CT molecular complexity index is 415. The molecule has 1 fully saturated rings. The van der Waals surface area contributed by atoms with Gasteiger partial charge in [-0.25, -0.2) is 0 Å². The Morgan fingerprint density at radius 1 is 1.15 bits per heavy atom. The molecule has 0 unspecified atom stereocenters. The van der Waals surface area contributed by atoms with Crippen LogP contribution in [0.5, 0.6) is 11.5 Å². The Morgan fingerprint density at radius 3 is 2.45 bits per heavy atom. The molecule has 1 aliphatic rings. The van der Waals surface area contributed by atoms with E-state index in [1.807, 2.05) is 6.07 Å². The number of hydrogen-bond donors (Lipinski definition) is 1. The minimum absolute atomic E-state index is 0.790. The van der Waals surface area contributed by atoms with Gasteiger partial charge in [-0.05, 0) is 62.5 Å². The van der Waals surface area contributed by atoms with Crippen LogP contribution in [0.2, 0.25) is 0 Å². The van der Waals surface area contributed by atoms with Crippen LogP contribution in [0.1, 0.15) is 24.8 Å². The molecule has 0 atom stereocenters. The number of nitrogens with zero attached hydrogens (tertiary/aromatic N) is 1. The van der Waals surface area contributed by atoms with Gasteiger partial charge in [0.25, 0.3) is 0 Å². The van der Waals surface area contributed by atoms with E-state index >= 15 is 0 Å². The predicted molar refractivity (Wildman–Crippen MR) is 81.2 cm³/mol. The zero-order valence-corrected chi connectivity index (χ0v) is 12.6. The topological polar surface area (TPSA) is 47.7 Å². The molecule has 0 spiro atoms. The number of ether oxygens (including phenoxy) is 2. The zero-order chi connectivity index (χ0) is 14.4. The van der Waals surface area contributed by atoms with E-state index in [1.165, 1.54) is 37.9 Å². The van der Waals surface area contributed by atoms with Crippen LogP contribution in [0.15, 0.2) is 18.2 Å². The van der Waals surface area contributed by atoms with Crippen LogP contribution in [0.4, 0.5) is 0 Å². The van der Waals surface area contributed by atoms with Crippen molar-refractivity contribution in [3.8, 4) is 11.5 Å². The molecule has 112 valence electrons. The average Bonchev–Trinajstić information content (AvgIpc) is 2.49. The highest BCUT2D eigenvalue weighted by Gasteiger charge is 2.18. The molecule has 1 heterocycles. The first kappa shape index (κ1) is 15.1. The van der Waals surface area contributed by atoms with Gasteiger partial charge in [-0.1, -0.05) is 6.07 Å². The van der Waals surface area contributed by atoms with Crippen molar-refractivity contribution in [2.45, 2.75) is 25.8 Å². The summed E-state index contributed by atoms with van der Waals surface area (Å²) in [7, 11) is 3.35. The van der Waals surface area contributed by atoms with Crippen LogP contribution in [0, 0.1) is 5.92 Å². The third kappa shape index (κ3) is 3.87. The summed E-state index contributed by atoms with van der Waals surface area (Å²) in [5, 5.41) is 0. The number of rotatable bonds is 6. The third-order valence-electron chi connectivity index (χ3n) is 4.14. The second-order valence-corrected chi connectivity index (χ2v) is 5.49. The van der Waals surface area contributed by atoms with E-state index < -0.39 is 0 Å². The lowest BCUT2D eigenvalue weighted by Crippen LogP contribution is -2.33. The first-order valence-corrected chi connectivity index (χ1v) is 7.40. The molecular weight excluding hydrogens is 252 g/mol. The summed E-state index contributed by atoms with van der Waals surface area (Å²) < 4.78 is 10.6. The van der Waals surface area contributed by atoms with Crippen molar-refractivity contribution >= 4 is 0 Å². The number of methoxy groups -OCH3 is 2. The predicted octanol–water partition coefficient (Wildman–Crippen LogP) is 2.26. The van der Waals surface area contributed by atoms with E-state index in [0.29, 0.717) is 0 Å². The van der Waals surface area contributed by atoms with Crippen LogP contribution in [-0.2, 0) is 6.54 Å². The molecule has 0 amide bonds. The summed E-state index contributed by atoms with van der Waals surface area (Å²) in [6.45, 7) is 4.13. The van der Waals surface area contributed by atoms with Gasteiger partial charge in [0.1, 0.15) is 0 Å². The summed E-state index contributed by atoms with van der Waals surface area (Å²) in [6.07, 6.45) is 3.71. The van der Waals surface area contributed by atoms with Gasteiger partial charge < -0.3 is 15.2 Å². The molecule has 1 saturated heterocycles. The van der Waals surface area contributed by atoms with Crippen molar-refractivity contribution in [1.82, 2.24) is 4.90 Å². The third-order valence-corrected chi connectivity index (χ3v) is 4.14. The van der Waals surface area contributed by atoms with Gasteiger partial charge in [0.2, 0.25) is 0 Å². The fraction of sp³-hybridized carbons (Fsp3) is 0.625. The lowest BCUT2D eigenvalue weighted by Gasteiger charge is -2.31. The molecule has 4 heteroatoms. The quantitative estimate of drug-likeness (QED) is 0.867. The van der Waals surface area contributed by atoms with Crippen molar-refractivity contribution in [2.24, 2.45) is 11.7 Å². The number of likely N-dealkylation sites (tertiary alicyclic amines) is 1. The Balaban J connectivity index is 1.91. The Kier molecular flexibility index (Phi) is 5.68. The van der Waals surface area contributed by atoms with Crippen molar-refractivity contribution in [3.63, 3.8) is 0 Å². The second kappa shape index (κ2) is 7.50. The molecule has 1 aromatic carbocycles. The van der Waals surface area contributed by atoms with Gasteiger partial charge in [0, 0.05) is 6.54 Å². The highest BCUT2D eigenvalue weighted by Crippen LogP contribution is 2.29. The van der Waals surface area contributed by atoms with Crippen LogP contribution < -0.4 is 15.2 Å². The lowest BCUT2D eigenvalue weighted by atomic mass is 9.93. The highest BCUT2D eigenvalue weighted by atomic mass is 16.5. The van der Waals surface area contributed by atoms with Crippen molar-refractivity contribution in [2.75, 3.05) is 33.9 Å². The molecular formula is C16H26N2O2. The molecule has 0 aliphatic carbocycles. The molecule has 0 saturated carbocycles. The Labute approximate surface area is 121 Å². The SMILES string of the molecule is COc1ccc(CN2CCC(CCN)CC2)cc1OC. The number of piperidine rings is 1. The summed E-state index contributed by atoms with van der Waals surface area (Å²) in [5.41, 5.74) is 6.92. The molecule has 2 N–H and O–H groups in total. The standard InChI is InChI=1S/C16H26N2O2/c1-19-15-4-3-14(11-16(15)20-2)12-18-9-6-13(5-8-17)7-10-18/h3-4,11,13H,5-10,12,17H2,1-2H3. The van der Waals surface area contributed by atoms with Gasteiger partial charge in [0.05, 0.1) is 14.2 Å². The normalized spacial score (nSPS) is 17.1. The van der Waals surface area contributed by atoms with Gasteiger partial charge in [-0.3, -0.25) is 4.90 Å². The Hall–Kier alpha value is -1.26. The molecule has 1 aliphatic heterocycles. The van der Waals surface area contributed by atoms with E-state index in [0.717, 1.165) is 30.5 Å². The molecule has 1 aromatic rings. The molecule has 0 radical (unpaired) electrons. The maximum absolute atomic E-state index is 5.64. The van der Waals surface area contributed by atoms with Crippen molar-refractivity contribution < 1.29 is 9.47 Å². The van der Waals surface area contributed by atoms with E-state index in [4.69, 9.17) is 15.2 Å². The van der Waals surface area contributed by atoms with Crippen LogP contribution in [0.3, 0.4) is 0 Å². The molecule has 0 bridgehead atoms. The molecule has 0 aromatic heterocycles. The molecule has 20 heavy (non-hydrogen) atoms. The average molecular weight is 278 g/mol. The van der Waals surface area contributed by atoms with Gasteiger partial charge in [-0.2, -0.15) is 0 Å². The number of benzene rings is 1. The summed E-state index contributed by atoms with van der Waals surface area (Å²) in [5.74, 6) is 2.42. The van der Waals surface area contributed by atoms with E-state index in [9.17, 15) is 0 Å².